The van der Waals surface area contributed by atoms with Gasteiger partial charge < -0.3 is 9.47 Å². The van der Waals surface area contributed by atoms with Crippen LogP contribution in [0.15, 0.2) is 24.4 Å². The number of halogens is 1. The largest absolute Gasteiger partial charge is 0.478 e. The van der Waals surface area contributed by atoms with E-state index in [4.69, 9.17) is 4.74 Å². The average molecular weight is 263 g/mol. The van der Waals surface area contributed by atoms with Gasteiger partial charge in [-0.2, -0.15) is 0 Å². The fourth-order valence-corrected chi connectivity index (χ4v) is 1.87. The number of ether oxygens (including phenoxy) is 2. The SMILES string of the molecule is COC(=O)[C@H](C)Oc1ccnc2c(C)cc(F)cc12. The molecule has 4 nitrogen and oxygen atoms in total. The summed E-state index contributed by atoms with van der Waals surface area (Å²) in [4.78, 5) is 15.5. The Morgan fingerprint density at radius 2 is 2.16 bits per heavy atom. The van der Waals surface area contributed by atoms with E-state index in [-0.39, 0.29) is 5.82 Å². The van der Waals surface area contributed by atoms with E-state index in [2.05, 4.69) is 9.72 Å². The van der Waals surface area contributed by atoms with E-state index in [1.54, 1.807) is 26.1 Å². The number of carbonyl (C=O) groups excluding carboxylic acids is 1. The van der Waals surface area contributed by atoms with Gasteiger partial charge in [0.25, 0.3) is 0 Å². The first-order chi connectivity index (χ1) is 9.02. The van der Waals surface area contributed by atoms with Crippen LogP contribution in [-0.4, -0.2) is 24.2 Å². The number of aromatic nitrogens is 1. The van der Waals surface area contributed by atoms with Crippen LogP contribution in [0.3, 0.4) is 0 Å². The quantitative estimate of drug-likeness (QED) is 0.799. The van der Waals surface area contributed by atoms with E-state index >= 15 is 0 Å². The molecule has 1 atom stereocenters. The van der Waals surface area contributed by atoms with Gasteiger partial charge in [-0.15, -0.1) is 0 Å². The number of hydrogen-bond donors (Lipinski definition) is 0. The maximum atomic E-state index is 13.5. The summed E-state index contributed by atoms with van der Waals surface area (Å²) in [5, 5.41) is 0.538. The fourth-order valence-electron chi connectivity index (χ4n) is 1.87. The van der Waals surface area contributed by atoms with Crippen LogP contribution >= 0.6 is 0 Å². The lowest BCUT2D eigenvalue weighted by molar-refractivity contribution is -0.147. The number of carbonyl (C=O) groups is 1. The molecule has 0 radical (unpaired) electrons. The molecule has 2 aromatic rings. The molecular weight excluding hydrogens is 249 g/mol. The predicted octanol–water partition coefficient (Wildman–Crippen LogP) is 2.62. The molecule has 2 rings (SSSR count). The Morgan fingerprint density at radius 1 is 1.42 bits per heavy atom. The number of fused-ring (bicyclic) bond motifs is 1. The fraction of sp³-hybridized carbons (Fsp3) is 0.286. The van der Waals surface area contributed by atoms with Crippen LogP contribution in [0.2, 0.25) is 0 Å². The second-order valence-electron chi connectivity index (χ2n) is 4.21. The van der Waals surface area contributed by atoms with Crippen LogP contribution in [0.4, 0.5) is 4.39 Å². The number of benzene rings is 1. The summed E-state index contributed by atoms with van der Waals surface area (Å²) >= 11 is 0. The number of aryl methyl sites for hydroxylation is 1. The Kier molecular flexibility index (Phi) is 3.64. The van der Waals surface area contributed by atoms with Crippen molar-refractivity contribution >= 4 is 16.9 Å². The zero-order chi connectivity index (χ0) is 14.0. The minimum atomic E-state index is -0.765. The van der Waals surface area contributed by atoms with Crippen molar-refractivity contribution in [2.24, 2.45) is 0 Å². The molecule has 0 spiro atoms. The van der Waals surface area contributed by atoms with Crippen LogP contribution in [0, 0.1) is 12.7 Å². The lowest BCUT2D eigenvalue weighted by Crippen LogP contribution is -2.25. The van der Waals surface area contributed by atoms with E-state index in [0.717, 1.165) is 0 Å². The summed E-state index contributed by atoms with van der Waals surface area (Å²) in [5.41, 5.74) is 1.36. The summed E-state index contributed by atoms with van der Waals surface area (Å²) in [6.07, 6.45) is 0.797. The highest BCUT2D eigenvalue weighted by Crippen LogP contribution is 2.27. The van der Waals surface area contributed by atoms with Crippen molar-refractivity contribution in [2.75, 3.05) is 7.11 Å². The van der Waals surface area contributed by atoms with Crippen molar-refractivity contribution < 1.29 is 18.7 Å². The number of methoxy groups -OCH3 is 1. The van der Waals surface area contributed by atoms with Crippen molar-refractivity contribution in [3.05, 3.63) is 35.8 Å². The highest BCUT2D eigenvalue weighted by Gasteiger charge is 2.17. The average Bonchev–Trinajstić information content (AvgIpc) is 2.38. The van der Waals surface area contributed by atoms with Gasteiger partial charge in [-0.25, -0.2) is 9.18 Å². The molecule has 0 aliphatic rings. The standard InChI is InChI=1S/C14H14FNO3/c1-8-6-10(15)7-11-12(4-5-16-13(8)11)19-9(2)14(17)18-3/h4-7,9H,1-3H3/t9-/m0/s1. The Balaban J connectivity index is 2.46. The molecule has 100 valence electrons. The molecule has 0 unspecified atom stereocenters. The highest BCUT2D eigenvalue weighted by atomic mass is 19.1. The maximum Gasteiger partial charge on any atom is 0.346 e. The number of hydrogen-bond acceptors (Lipinski definition) is 4. The lowest BCUT2D eigenvalue weighted by Gasteiger charge is -2.14. The molecule has 0 aliphatic carbocycles. The second kappa shape index (κ2) is 5.22. The predicted molar refractivity (Wildman–Crippen MR) is 68.5 cm³/mol. The normalized spacial score (nSPS) is 12.2. The van der Waals surface area contributed by atoms with Gasteiger partial charge in [0.05, 0.1) is 12.6 Å². The van der Waals surface area contributed by atoms with Crippen molar-refractivity contribution in [1.82, 2.24) is 4.98 Å². The Bertz CT molecular complexity index is 627. The zero-order valence-electron chi connectivity index (χ0n) is 10.9. The van der Waals surface area contributed by atoms with Crippen molar-refractivity contribution in [3.63, 3.8) is 0 Å². The van der Waals surface area contributed by atoms with Gasteiger partial charge >= 0.3 is 5.97 Å². The van der Waals surface area contributed by atoms with Crippen LogP contribution in [0.25, 0.3) is 10.9 Å². The Morgan fingerprint density at radius 3 is 2.84 bits per heavy atom. The number of pyridine rings is 1. The van der Waals surface area contributed by atoms with E-state index in [0.29, 0.717) is 22.2 Å². The topological polar surface area (TPSA) is 48.4 Å². The van der Waals surface area contributed by atoms with Crippen LogP contribution < -0.4 is 4.74 Å². The minimum Gasteiger partial charge on any atom is -0.478 e. The molecule has 19 heavy (non-hydrogen) atoms. The molecular formula is C14H14FNO3. The number of nitrogens with zero attached hydrogens (tertiary/aromatic N) is 1. The maximum absolute atomic E-state index is 13.5. The third-order valence-corrected chi connectivity index (χ3v) is 2.80. The summed E-state index contributed by atoms with van der Waals surface area (Å²) in [6, 6.07) is 4.35. The third kappa shape index (κ3) is 2.65. The zero-order valence-corrected chi connectivity index (χ0v) is 10.9. The van der Waals surface area contributed by atoms with Gasteiger partial charge in [0.2, 0.25) is 0 Å². The smallest absolute Gasteiger partial charge is 0.346 e. The molecule has 0 saturated heterocycles. The molecule has 0 saturated carbocycles. The number of rotatable bonds is 3. The van der Waals surface area contributed by atoms with E-state index in [9.17, 15) is 9.18 Å². The second-order valence-corrected chi connectivity index (χ2v) is 4.21. The molecule has 0 aliphatic heterocycles. The van der Waals surface area contributed by atoms with Crippen molar-refractivity contribution in [1.29, 1.82) is 0 Å². The monoisotopic (exact) mass is 263 g/mol. The van der Waals surface area contributed by atoms with Crippen molar-refractivity contribution in [2.45, 2.75) is 20.0 Å². The molecule has 1 aromatic carbocycles. The first kappa shape index (κ1) is 13.3. The van der Waals surface area contributed by atoms with Gasteiger partial charge in [-0.3, -0.25) is 4.98 Å². The Labute approximate surface area is 110 Å². The van der Waals surface area contributed by atoms with E-state index in [1.165, 1.54) is 19.2 Å². The molecule has 0 amide bonds. The molecule has 0 fully saturated rings. The van der Waals surface area contributed by atoms with Gasteiger partial charge in [0, 0.05) is 11.6 Å². The van der Waals surface area contributed by atoms with Crippen LogP contribution in [-0.2, 0) is 9.53 Å². The molecule has 5 heteroatoms. The molecule has 0 bridgehead atoms. The van der Waals surface area contributed by atoms with Crippen molar-refractivity contribution in [3.8, 4) is 5.75 Å². The summed E-state index contributed by atoms with van der Waals surface area (Å²) < 4.78 is 23.6. The van der Waals surface area contributed by atoms with E-state index < -0.39 is 12.1 Å². The van der Waals surface area contributed by atoms with Crippen LogP contribution in [0.1, 0.15) is 12.5 Å². The number of esters is 1. The van der Waals surface area contributed by atoms with Crippen LogP contribution in [0.5, 0.6) is 5.75 Å². The summed E-state index contributed by atoms with van der Waals surface area (Å²) in [5.74, 6) is -0.447. The lowest BCUT2D eigenvalue weighted by atomic mass is 10.1. The van der Waals surface area contributed by atoms with Gasteiger partial charge in [0.1, 0.15) is 11.6 Å². The summed E-state index contributed by atoms with van der Waals surface area (Å²) in [7, 11) is 1.29. The third-order valence-electron chi connectivity index (χ3n) is 2.80. The molecule has 1 heterocycles. The molecule has 1 aromatic heterocycles. The highest BCUT2D eigenvalue weighted by molar-refractivity contribution is 5.87. The van der Waals surface area contributed by atoms with Gasteiger partial charge in [-0.1, -0.05) is 0 Å². The molecule has 0 N–H and O–H groups in total. The summed E-state index contributed by atoms with van der Waals surface area (Å²) in [6.45, 7) is 3.34. The Hall–Kier alpha value is -2.17. The van der Waals surface area contributed by atoms with E-state index in [1.807, 2.05) is 0 Å². The van der Waals surface area contributed by atoms with Gasteiger partial charge in [0.15, 0.2) is 6.10 Å². The van der Waals surface area contributed by atoms with Gasteiger partial charge in [-0.05, 0) is 37.6 Å². The minimum absolute atomic E-state index is 0.367. The first-order valence-corrected chi connectivity index (χ1v) is 5.82. The first-order valence-electron chi connectivity index (χ1n) is 5.82.